The molecule has 1 atom stereocenters. The van der Waals surface area contributed by atoms with Gasteiger partial charge < -0.3 is 14.5 Å². The highest BCUT2D eigenvalue weighted by Gasteiger charge is 2.29. The minimum absolute atomic E-state index is 0.0514. The van der Waals surface area contributed by atoms with E-state index < -0.39 is 0 Å². The molecular weight excluding hydrogens is 348 g/mol. The first-order valence-corrected chi connectivity index (χ1v) is 9.76. The molecule has 1 aromatic heterocycles. The first-order chi connectivity index (χ1) is 12.6. The predicted octanol–water partition coefficient (Wildman–Crippen LogP) is 2.95. The molecule has 138 valence electrons. The van der Waals surface area contributed by atoms with Crippen LogP contribution in [0, 0.1) is 0 Å². The number of thioether (sulfide) groups is 1. The summed E-state index contributed by atoms with van der Waals surface area (Å²) in [6, 6.07) is 11.5. The van der Waals surface area contributed by atoms with E-state index in [2.05, 4.69) is 17.1 Å². The number of hydrogen-bond acceptors (Lipinski definition) is 6. The van der Waals surface area contributed by atoms with Crippen molar-refractivity contribution in [1.82, 2.24) is 15.1 Å². The van der Waals surface area contributed by atoms with E-state index in [1.165, 1.54) is 0 Å². The lowest BCUT2D eigenvalue weighted by Gasteiger charge is -2.18. The zero-order valence-corrected chi connectivity index (χ0v) is 16.2. The second-order valence-corrected chi connectivity index (χ2v) is 7.64. The molecule has 2 heterocycles. The molecule has 0 aliphatic carbocycles. The van der Waals surface area contributed by atoms with E-state index in [-0.39, 0.29) is 12.0 Å². The largest absolute Gasteiger partial charge is 0.471 e. The number of aromatic nitrogens is 2. The second kappa shape index (κ2) is 8.40. The molecule has 1 saturated heterocycles. The Hall–Kier alpha value is -2.28. The molecule has 26 heavy (non-hydrogen) atoms. The normalized spacial score (nSPS) is 16.6. The lowest BCUT2D eigenvalue weighted by atomic mass is 10.2. The van der Waals surface area contributed by atoms with Gasteiger partial charge in [-0.2, -0.15) is 0 Å². The zero-order chi connectivity index (χ0) is 18.5. The fraction of sp³-hybridized carbons (Fsp3) is 0.421. The van der Waals surface area contributed by atoms with Gasteiger partial charge in [-0.25, -0.2) is 0 Å². The smallest absolute Gasteiger partial charge is 0.255 e. The highest BCUT2D eigenvalue weighted by atomic mass is 32.2. The number of amides is 1. The number of anilines is 1. The Kier molecular flexibility index (Phi) is 5.98. The first-order valence-electron chi connectivity index (χ1n) is 8.77. The quantitative estimate of drug-likeness (QED) is 0.727. The molecule has 1 amide bonds. The van der Waals surface area contributed by atoms with Crippen LogP contribution in [0.4, 0.5) is 5.82 Å². The van der Waals surface area contributed by atoms with Crippen LogP contribution in [-0.2, 0) is 0 Å². The van der Waals surface area contributed by atoms with E-state index >= 15 is 0 Å². The highest BCUT2D eigenvalue weighted by molar-refractivity contribution is 7.99. The summed E-state index contributed by atoms with van der Waals surface area (Å²) < 4.78 is 5.91. The van der Waals surface area contributed by atoms with Gasteiger partial charge in [0, 0.05) is 38.0 Å². The van der Waals surface area contributed by atoms with Gasteiger partial charge in [-0.15, -0.1) is 22.0 Å². The van der Waals surface area contributed by atoms with E-state index in [1.54, 1.807) is 11.8 Å². The number of rotatable bonds is 6. The van der Waals surface area contributed by atoms with Gasteiger partial charge in [-0.1, -0.05) is 19.1 Å². The van der Waals surface area contributed by atoms with Crippen molar-refractivity contribution in [3.63, 3.8) is 0 Å². The van der Waals surface area contributed by atoms with E-state index in [1.807, 2.05) is 60.3 Å². The summed E-state index contributed by atoms with van der Waals surface area (Å²) >= 11 is 1.70. The maximum Gasteiger partial charge on any atom is 0.255 e. The molecule has 0 spiro atoms. The average Bonchev–Trinajstić information content (AvgIpc) is 3.11. The molecule has 0 saturated carbocycles. The predicted molar refractivity (Wildman–Crippen MR) is 104 cm³/mol. The number of carbonyl (C=O) groups excluding carboxylic acids is 1. The summed E-state index contributed by atoms with van der Waals surface area (Å²) in [6.07, 6.45) is 0.746. The third-order valence-corrected chi connectivity index (χ3v) is 5.18. The van der Waals surface area contributed by atoms with E-state index in [0.717, 1.165) is 28.5 Å². The third kappa shape index (κ3) is 4.27. The van der Waals surface area contributed by atoms with Gasteiger partial charge in [0.25, 0.3) is 5.91 Å². The van der Waals surface area contributed by atoms with Gasteiger partial charge in [0.15, 0.2) is 5.82 Å². The molecule has 1 unspecified atom stereocenters. The first kappa shape index (κ1) is 18.5. The van der Waals surface area contributed by atoms with Crippen LogP contribution >= 0.6 is 11.8 Å². The number of ether oxygens (including phenoxy) is 1. The Morgan fingerprint density at radius 3 is 2.77 bits per heavy atom. The molecule has 1 fully saturated rings. The second-order valence-electron chi connectivity index (χ2n) is 6.33. The molecule has 1 aliphatic heterocycles. The van der Waals surface area contributed by atoms with Crippen molar-refractivity contribution in [1.29, 1.82) is 0 Å². The van der Waals surface area contributed by atoms with Crippen molar-refractivity contribution < 1.29 is 9.53 Å². The van der Waals surface area contributed by atoms with E-state index in [0.29, 0.717) is 19.0 Å². The summed E-state index contributed by atoms with van der Waals surface area (Å²) in [6.45, 7) is 3.35. The number of carbonyl (C=O) groups is 1. The molecule has 1 aromatic carbocycles. The number of hydrogen-bond donors (Lipinski definition) is 0. The summed E-state index contributed by atoms with van der Waals surface area (Å²) in [5, 5.41) is 8.23. The van der Waals surface area contributed by atoms with Gasteiger partial charge in [0.05, 0.1) is 12.1 Å². The lowest BCUT2D eigenvalue weighted by molar-refractivity contribution is 0.0767. The maximum atomic E-state index is 12.9. The Bertz CT molecular complexity index is 751. The van der Waals surface area contributed by atoms with Crippen molar-refractivity contribution >= 4 is 23.5 Å². The fourth-order valence-corrected chi connectivity index (χ4v) is 3.69. The minimum Gasteiger partial charge on any atom is -0.471 e. The Balaban J connectivity index is 1.62. The molecule has 7 heteroatoms. The maximum absolute atomic E-state index is 12.9. The molecule has 6 nitrogen and oxygen atoms in total. The van der Waals surface area contributed by atoms with E-state index in [9.17, 15) is 4.79 Å². The topological polar surface area (TPSA) is 58.6 Å². The van der Waals surface area contributed by atoms with Crippen molar-refractivity contribution in [2.45, 2.75) is 24.3 Å². The standard InChI is InChI=1S/C19H24N4O2S/c1-4-26-16-8-6-5-7-15(16)19(24)23-12-11-14(13-23)25-18-10-9-17(20-21-18)22(2)3/h5-10,14H,4,11-13H2,1-3H3. The summed E-state index contributed by atoms with van der Waals surface area (Å²) in [5.41, 5.74) is 0.773. The van der Waals surface area contributed by atoms with Crippen LogP contribution in [0.5, 0.6) is 5.88 Å². The molecule has 0 radical (unpaired) electrons. The summed E-state index contributed by atoms with van der Waals surface area (Å²) in [7, 11) is 3.83. The number of benzene rings is 1. The molecular formula is C19H24N4O2S. The molecule has 3 rings (SSSR count). The van der Waals surface area contributed by atoms with E-state index in [4.69, 9.17) is 4.74 Å². The van der Waals surface area contributed by atoms with Crippen LogP contribution in [0.1, 0.15) is 23.7 Å². The van der Waals surface area contributed by atoms with Crippen LogP contribution in [0.15, 0.2) is 41.3 Å². The minimum atomic E-state index is -0.0514. The van der Waals surface area contributed by atoms with Crippen LogP contribution in [0.2, 0.25) is 0 Å². The van der Waals surface area contributed by atoms with Gasteiger partial charge >= 0.3 is 0 Å². The number of likely N-dealkylation sites (tertiary alicyclic amines) is 1. The molecule has 2 aromatic rings. The van der Waals surface area contributed by atoms with Crippen molar-refractivity contribution in [2.75, 3.05) is 37.8 Å². The Morgan fingerprint density at radius 1 is 1.27 bits per heavy atom. The fourth-order valence-electron chi connectivity index (χ4n) is 2.89. The van der Waals surface area contributed by atoms with Crippen LogP contribution in [0.3, 0.4) is 0 Å². The average molecular weight is 372 g/mol. The van der Waals surface area contributed by atoms with Crippen molar-refractivity contribution in [3.8, 4) is 5.88 Å². The lowest BCUT2D eigenvalue weighted by Crippen LogP contribution is -2.31. The molecule has 0 bridgehead atoms. The van der Waals surface area contributed by atoms with Crippen LogP contribution < -0.4 is 9.64 Å². The Labute approximate surface area is 158 Å². The van der Waals surface area contributed by atoms with Gasteiger partial charge in [-0.3, -0.25) is 4.79 Å². The third-order valence-electron chi connectivity index (χ3n) is 4.22. The molecule has 1 aliphatic rings. The van der Waals surface area contributed by atoms with Crippen molar-refractivity contribution in [2.24, 2.45) is 0 Å². The zero-order valence-electron chi connectivity index (χ0n) is 15.4. The SMILES string of the molecule is CCSc1ccccc1C(=O)N1CCC(Oc2ccc(N(C)C)nn2)C1. The number of nitrogens with zero attached hydrogens (tertiary/aromatic N) is 4. The molecule has 0 N–H and O–H groups in total. The van der Waals surface area contributed by atoms with Crippen molar-refractivity contribution in [3.05, 3.63) is 42.0 Å². The summed E-state index contributed by atoms with van der Waals surface area (Å²) in [4.78, 5) is 17.7. The van der Waals surface area contributed by atoms with Gasteiger partial charge in [0.1, 0.15) is 6.10 Å². The highest BCUT2D eigenvalue weighted by Crippen LogP contribution is 2.25. The summed E-state index contributed by atoms with van der Waals surface area (Å²) in [5.74, 6) is 2.29. The van der Waals surface area contributed by atoms with Crippen LogP contribution in [0.25, 0.3) is 0 Å². The van der Waals surface area contributed by atoms with Gasteiger partial charge in [0.2, 0.25) is 5.88 Å². The monoisotopic (exact) mass is 372 g/mol. The van der Waals surface area contributed by atoms with Crippen LogP contribution in [-0.4, -0.2) is 60.0 Å². The van der Waals surface area contributed by atoms with Gasteiger partial charge in [-0.05, 0) is 24.0 Å². The Morgan fingerprint density at radius 2 is 2.08 bits per heavy atom.